The van der Waals surface area contributed by atoms with E-state index in [0.717, 1.165) is 55.1 Å². The van der Waals surface area contributed by atoms with Crippen LogP contribution in [0.15, 0.2) is 67.1 Å². The summed E-state index contributed by atoms with van der Waals surface area (Å²) in [5.41, 5.74) is 2.99. The van der Waals surface area contributed by atoms with Gasteiger partial charge in [-0.15, -0.1) is 0 Å². The minimum absolute atomic E-state index is 0.525. The average Bonchev–Trinajstić information content (AvgIpc) is 3.25. The van der Waals surface area contributed by atoms with E-state index in [4.69, 9.17) is 23.2 Å². The molecule has 2 aromatic heterocycles. The van der Waals surface area contributed by atoms with Crippen LogP contribution in [-0.2, 0) is 6.54 Å². The second-order valence-corrected chi connectivity index (χ2v) is 8.92. The Hall–Kier alpha value is -2.93. The Bertz CT molecular complexity index is 1260. The molecule has 5 rings (SSSR count). The van der Waals surface area contributed by atoms with Crippen LogP contribution in [0.25, 0.3) is 17.1 Å². The first-order valence-electron chi connectivity index (χ1n) is 11.0. The second-order valence-electron chi connectivity index (χ2n) is 8.07. The van der Waals surface area contributed by atoms with Crippen molar-refractivity contribution in [3.8, 4) is 0 Å². The monoisotopic (exact) mass is 478 g/mol. The lowest BCUT2D eigenvalue weighted by Crippen LogP contribution is -2.46. The van der Waals surface area contributed by atoms with Crippen molar-refractivity contribution in [1.82, 2.24) is 24.6 Å². The fourth-order valence-electron chi connectivity index (χ4n) is 4.10. The lowest BCUT2D eigenvalue weighted by molar-refractivity contribution is 0.284. The quantitative estimate of drug-likeness (QED) is 0.389. The summed E-state index contributed by atoms with van der Waals surface area (Å²) in [6.45, 7) is 5.27. The molecule has 33 heavy (non-hydrogen) atoms. The van der Waals surface area contributed by atoms with Crippen LogP contribution in [0.1, 0.15) is 11.1 Å². The first-order chi connectivity index (χ1) is 16.2. The molecule has 0 spiro atoms. The zero-order valence-electron chi connectivity index (χ0n) is 18.1. The fourth-order valence-corrected chi connectivity index (χ4v) is 4.57. The summed E-state index contributed by atoms with van der Waals surface area (Å²) in [5.74, 6) is 0.938. The van der Waals surface area contributed by atoms with E-state index in [9.17, 15) is 0 Å². The lowest BCUT2D eigenvalue weighted by Gasteiger charge is -2.35. The number of hydrogen-bond acceptors (Lipinski definition) is 5. The molecule has 0 atom stereocenters. The van der Waals surface area contributed by atoms with Gasteiger partial charge in [0.2, 0.25) is 0 Å². The van der Waals surface area contributed by atoms with Gasteiger partial charge in [-0.25, -0.2) is 14.6 Å². The van der Waals surface area contributed by atoms with Crippen molar-refractivity contribution >= 4 is 46.1 Å². The molecule has 2 aromatic carbocycles. The van der Waals surface area contributed by atoms with Crippen LogP contribution in [0.2, 0.25) is 10.0 Å². The predicted octanol–water partition coefficient (Wildman–Crippen LogP) is 5.02. The van der Waals surface area contributed by atoms with Crippen LogP contribution in [0.3, 0.4) is 0 Å². The minimum atomic E-state index is 0.525. The molecule has 1 aliphatic rings. The van der Waals surface area contributed by atoms with Gasteiger partial charge in [0, 0.05) is 42.8 Å². The van der Waals surface area contributed by atoms with Crippen molar-refractivity contribution < 1.29 is 0 Å². The molecule has 0 radical (unpaired) electrons. The Kier molecular flexibility index (Phi) is 6.58. The lowest BCUT2D eigenvalue weighted by atomic mass is 10.2. The molecular formula is C25H24Cl2N6. The van der Waals surface area contributed by atoms with Crippen LogP contribution in [-0.4, -0.2) is 57.4 Å². The van der Waals surface area contributed by atoms with Crippen molar-refractivity contribution in [2.24, 2.45) is 0 Å². The standard InChI is InChI=1S/C25H24Cl2N6/c26-21-9-8-20(23(27)15-21)17-33-25-22(16-30-33)24(28-18-29-25)32-13-11-31(12-14-32)10-4-7-19-5-2-1-3-6-19/h1-9,15-16,18H,10-14,17H2/b7-4+. The van der Waals surface area contributed by atoms with Gasteiger partial charge >= 0.3 is 0 Å². The Morgan fingerprint density at radius 1 is 0.939 bits per heavy atom. The van der Waals surface area contributed by atoms with Gasteiger partial charge in [0.1, 0.15) is 12.1 Å². The molecule has 0 N–H and O–H groups in total. The van der Waals surface area contributed by atoms with Gasteiger partial charge < -0.3 is 4.90 Å². The van der Waals surface area contributed by atoms with Crippen LogP contribution >= 0.6 is 23.2 Å². The van der Waals surface area contributed by atoms with Crippen molar-refractivity contribution in [2.75, 3.05) is 37.6 Å². The summed E-state index contributed by atoms with van der Waals surface area (Å²) < 4.78 is 1.86. The number of hydrogen-bond donors (Lipinski definition) is 0. The van der Waals surface area contributed by atoms with Crippen molar-refractivity contribution in [1.29, 1.82) is 0 Å². The molecule has 6 nitrogen and oxygen atoms in total. The zero-order chi connectivity index (χ0) is 22.6. The number of anilines is 1. The fraction of sp³-hybridized carbons (Fsp3) is 0.240. The Morgan fingerprint density at radius 2 is 1.76 bits per heavy atom. The number of aromatic nitrogens is 4. The van der Waals surface area contributed by atoms with E-state index < -0.39 is 0 Å². The van der Waals surface area contributed by atoms with Gasteiger partial charge in [-0.1, -0.05) is 71.8 Å². The highest BCUT2D eigenvalue weighted by Crippen LogP contribution is 2.26. The Morgan fingerprint density at radius 3 is 2.55 bits per heavy atom. The maximum absolute atomic E-state index is 6.36. The SMILES string of the molecule is Clc1ccc(Cn2ncc3c(N4CCN(C/C=C/c5ccccc5)CC4)ncnc32)c(Cl)c1. The van der Waals surface area contributed by atoms with Crippen LogP contribution < -0.4 is 4.90 Å². The molecule has 1 fully saturated rings. The van der Waals surface area contributed by atoms with E-state index in [0.29, 0.717) is 16.6 Å². The van der Waals surface area contributed by atoms with Crippen LogP contribution in [0.4, 0.5) is 5.82 Å². The van der Waals surface area contributed by atoms with E-state index in [1.165, 1.54) is 5.56 Å². The highest BCUT2D eigenvalue weighted by atomic mass is 35.5. The molecule has 1 saturated heterocycles. The number of benzene rings is 2. The number of piperazine rings is 1. The number of fused-ring (bicyclic) bond motifs is 1. The zero-order valence-corrected chi connectivity index (χ0v) is 19.6. The maximum Gasteiger partial charge on any atom is 0.163 e. The van der Waals surface area contributed by atoms with E-state index >= 15 is 0 Å². The van der Waals surface area contributed by atoms with Crippen LogP contribution in [0, 0.1) is 0 Å². The molecule has 0 unspecified atom stereocenters. The highest BCUT2D eigenvalue weighted by molar-refractivity contribution is 6.35. The summed E-state index contributed by atoms with van der Waals surface area (Å²) in [5, 5.41) is 6.77. The molecule has 0 saturated carbocycles. The van der Waals surface area contributed by atoms with Gasteiger partial charge in [-0.05, 0) is 23.3 Å². The molecule has 8 heteroatoms. The third-order valence-electron chi connectivity index (χ3n) is 5.89. The van der Waals surface area contributed by atoms with Crippen LogP contribution in [0.5, 0.6) is 0 Å². The molecule has 0 aliphatic carbocycles. The molecular weight excluding hydrogens is 455 g/mol. The molecule has 4 aromatic rings. The second kappa shape index (κ2) is 9.91. The first kappa shape index (κ1) is 21.9. The molecule has 3 heterocycles. The molecule has 0 bridgehead atoms. The summed E-state index contributed by atoms with van der Waals surface area (Å²) in [6, 6.07) is 15.9. The van der Waals surface area contributed by atoms with E-state index in [1.807, 2.05) is 29.1 Å². The third-order valence-corrected chi connectivity index (χ3v) is 6.48. The number of nitrogens with zero attached hydrogens (tertiary/aromatic N) is 6. The smallest absolute Gasteiger partial charge is 0.163 e. The molecule has 168 valence electrons. The number of halogens is 2. The van der Waals surface area contributed by atoms with Gasteiger partial charge in [-0.2, -0.15) is 5.10 Å². The summed E-state index contributed by atoms with van der Waals surface area (Å²) in [4.78, 5) is 13.9. The Labute approximate surface area is 203 Å². The molecule has 1 aliphatic heterocycles. The average molecular weight is 479 g/mol. The van der Waals surface area contributed by atoms with Crippen molar-refractivity contribution in [3.05, 3.63) is 88.3 Å². The molecule has 0 amide bonds. The van der Waals surface area contributed by atoms with Gasteiger partial charge in [-0.3, -0.25) is 4.90 Å². The van der Waals surface area contributed by atoms with Crippen molar-refractivity contribution in [3.63, 3.8) is 0 Å². The third kappa shape index (κ3) is 5.03. The summed E-state index contributed by atoms with van der Waals surface area (Å²) in [7, 11) is 0. The summed E-state index contributed by atoms with van der Waals surface area (Å²) in [6.07, 6.45) is 7.89. The predicted molar refractivity (Wildman–Crippen MR) is 135 cm³/mol. The topological polar surface area (TPSA) is 50.1 Å². The summed E-state index contributed by atoms with van der Waals surface area (Å²) >= 11 is 12.4. The van der Waals surface area contributed by atoms with Crippen molar-refractivity contribution in [2.45, 2.75) is 6.54 Å². The normalized spacial score (nSPS) is 15.0. The van der Waals surface area contributed by atoms with E-state index in [-0.39, 0.29) is 0 Å². The first-order valence-corrected chi connectivity index (χ1v) is 11.7. The van der Waals surface area contributed by atoms with E-state index in [1.54, 1.807) is 12.4 Å². The number of rotatable bonds is 6. The minimum Gasteiger partial charge on any atom is -0.353 e. The van der Waals surface area contributed by atoms with E-state index in [2.05, 4.69) is 61.3 Å². The maximum atomic E-state index is 6.36. The van der Waals surface area contributed by atoms with Gasteiger partial charge in [0.05, 0.1) is 18.1 Å². The Balaban J connectivity index is 1.26. The van der Waals surface area contributed by atoms with Gasteiger partial charge in [0.15, 0.2) is 5.65 Å². The van der Waals surface area contributed by atoms with Gasteiger partial charge in [0.25, 0.3) is 0 Å². The largest absolute Gasteiger partial charge is 0.353 e. The highest BCUT2D eigenvalue weighted by Gasteiger charge is 2.21.